The number of carbonyl (C=O) groups excluding carboxylic acids is 1. The third-order valence-corrected chi connectivity index (χ3v) is 1.90. The van der Waals surface area contributed by atoms with Gasteiger partial charge in [0.25, 0.3) is 0 Å². The molecule has 0 fully saturated rings. The van der Waals surface area contributed by atoms with Crippen LogP contribution in [0.5, 0.6) is 0 Å². The van der Waals surface area contributed by atoms with Crippen molar-refractivity contribution >= 4 is 6.29 Å². The molecule has 0 bridgehead atoms. The molecule has 0 spiro atoms. The van der Waals surface area contributed by atoms with Crippen molar-refractivity contribution in [2.75, 3.05) is 0 Å². The Morgan fingerprint density at radius 2 is 2.17 bits per heavy atom. The zero-order valence-corrected chi connectivity index (χ0v) is 8.08. The van der Waals surface area contributed by atoms with Gasteiger partial charge in [-0.25, -0.2) is 0 Å². The predicted octanol–water partition coefficient (Wildman–Crippen LogP) is 1.93. The molecule has 0 saturated heterocycles. The summed E-state index contributed by atoms with van der Waals surface area (Å²) < 4.78 is 0. The van der Waals surface area contributed by atoms with Crippen LogP contribution >= 0.6 is 0 Å². The van der Waals surface area contributed by atoms with E-state index in [0.717, 1.165) is 19.1 Å². The number of carbonyl (C=O) groups is 1. The molecule has 0 aromatic heterocycles. The molecule has 70 valence electrons. The average molecular weight is 170 g/mol. The number of hydrogen-bond acceptors (Lipinski definition) is 2. The lowest BCUT2D eigenvalue weighted by Crippen LogP contribution is -2.15. The predicted molar refractivity (Wildman–Crippen MR) is 49.9 cm³/mol. The van der Waals surface area contributed by atoms with Crippen LogP contribution in [0.3, 0.4) is 0 Å². The van der Waals surface area contributed by atoms with Crippen molar-refractivity contribution in [3.05, 3.63) is 11.6 Å². The second-order valence-electron chi connectivity index (χ2n) is 3.24. The molecule has 0 radical (unpaired) electrons. The molecule has 12 heavy (non-hydrogen) atoms. The van der Waals surface area contributed by atoms with Crippen LogP contribution in [0, 0.1) is 5.92 Å². The van der Waals surface area contributed by atoms with E-state index in [0.29, 0.717) is 5.57 Å². The minimum absolute atomic E-state index is 0.0788. The number of aliphatic hydroxyl groups excluding tert-OH is 1. The summed E-state index contributed by atoms with van der Waals surface area (Å²) >= 11 is 0. The number of hydrogen-bond donors (Lipinski definition) is 1. The van der Waals surface area contributed by atoms with Crippen LogP contribution in [0.1, 0.15) is 33.6 Å². The first kappa shape index (κ1) is 11.4. The van der Waals surface area contributed by atoms with Gasteiger partial charge in [-0.2, -0.15) is 0 Å². The SMILES string of the molecule is CCCC(O)C(C)C=C(C)C=O. The Bertz CT molecular complexity index is 161. The van der Waals surface area contributed by atoms with Gasteiger partial charge in [0.15, 0.2) is 0 Å². The van der Waals surface area contributed by atoms with E-state index in [1.165, 1.54) is 0 Å². The summed E-state index contributed by atoms with van der Waals surface area (Å²) in [4.78, 5) is 10.3. The molecule has 0 aromatic rings. The Labute approximate surface area is 74.3 Å². The molecule has 0 aromatic carbocycles. The molecule has 2 nitrogen and oxygen atoms in total. The average Bonchev–Trinajstić information content (AvgIpc) is 2.04. The number of aldehydes is 1. The van der Waals surface area contributed by atoms with Gasteiger partial charge in [0.1, 0.15) is 6.29 Å². The van der Waals surface area contributed by atoms with Gasteiger partial charge in [-0.15, -0.1) is 0 Å². The first-order valence-electron chi connectivity index (χ1n) is 4.43. The van der Waals surface area contributed by atoms with Crippen molar-refractivity contribution in [2.24, 2.45) is 5.92 Å². The van der Waals surface area contributed by atoms with E-state index in [1.807, 2.05) is 19.9 Å². The van der Waals surface area contributed by atoms with Gasteiger partial charge >= 0.3 is 0 Å². The molecular formula is C10H18O2. The molecule has 0 aliphatic rings. The van der Waals surface area contributed by atoms with Crippen LogP contribution in [0.25, 0.3) is 0 Å². The van der Waals surface area contributed by atoms with E-state index in [-0.39, 0.29) is 12.0 Å². The van der Waals surface area contributed by atoms with Crippen LogP contribution in [0.4, 0.5) is 0 Å². The Kier molecular flexibility index (Phi) is 5.64. The summed E-state index contributed by atoms with van der Waals surface area (Å²) in [6.45, 7) is 5.71. The summed E-state index contributed by atoms with van der Waals surface area (Å²) in [7, 11) is 0. The lowest BCUT2D eigenvalue weighted by atomic mass is 9.99. The van der Waals surface area contributed by atoms with E-state index in [1.54, 1.807) is 6.92 Å². The number of allylic oxidation sites excluding steroid dienone is 1. The van der Waals surface area contributed by atoms with E-state index in [9.17, 15) is 9.90 Å². The summed E-state index contributed by atoms with van der Waals surface area (Å²) in [6.07, 6.45) is 4.08. The molecular weight excluding hydrogens is 152 g/mol. The normalized spacial score (nSPS) is 17.2. The molecule has 1 N–H and O–H groups in total. The smallest absolute Gasteiger partial charge is 0.145 e. The lowest BCUT2D eigenvalue weighted by Gasteiger charge is -2.14. The fourth-order valence-electron chi connectivity index (χ4n) is 1.12. The van der Waals surface area contributed by atoms with Crippen LogP contribution in [0.2, 0.25) is 0 Å². The highest BCUT2D eigenvalue weighted by atomic mass is 16.3. The summed E-state index contributed by atoms with van der Waals surface area (Å²) in [5, 5.41) is 9.50. The van der Waals surface area contributed by atoms with Gasteiger partial charge in [-0.1, -0.05) is 26.3 Å². The third kappa shape index (κ3) is 4.29. The maximum atomic E-state index is 10.3. The highest BCUT2D eigenvalue weighted by Gasteiger charge is 2.10. The molecule has 0 aliphatic heterocycles. The Balaban J connectivity index is 4.01. The Morgan fingerprint density at radius 3 is 2.58 bits per heavy atom. The molecule has 2 unspecified atom stereocenters. The van der Waals surface area contributed by atoms with Crippen molar-refractivity contribution in [1.82, 2.24) is 0 Å². The third-order valence-electron chi connectivity index (χ3n) is 1.90. The monoisotopic (exact) mass is 170 g/mol. The highest BCUT2D eigenvalue weighted by molar-refractivity contribution is 5.72. The van der Waals surface area contributed by atoms with Crippen LogP contribution in [-0.4, -0.2) is 17.5 Å². The van der Waals surface area contributed by atoms with Crippen LogP contribution in [-0.2, 0) is 4.79 Å². The maximum absolute atomic E-state index is 10.3. The molecule has 0 rings (SSSR count). The van der Waals surface area contributed by atoms with Gasteiger partial charge in [0, 0.05) is 5.92 Å². The van der Waals surface area contributed by atoms with Gasteiger partial charge in [-0.05, 0) is 18.9 Å². The zero-order valence-electron chi connectivity index (χ0n) is 8.08. The van der Waals surface area contributed by atoms with Crippen molar-refractivity contribution in [3.8, 4) is 0 Å². The Morgan fingerprint density at radius 1 is 1.58 bits per heavy atom. The first-order chi connectivity index (χ1) is 5.61. The zero-order chi connectivity index (χ0) is 9.56. The van der Waals surface area contributed by atoms with Gasteiger partial charge in [0.2, 0.25) is 0 Å². The fraction of sp³-hybridized carbons (Fsp3) is 0.700. The molecule has 2 atom stereocenters. The van der Waals surface area contributed by atoms with Crippen molar-refractivity contribution in [3.63, 3.8) is 0 Å². The van der Waals surface area contributed by atoms with E-state index in [4.69, 9.17) is 0 Å². The molecule has 0 aliphatic carbocycles. The lowest BCUT2D eigenvalue weighted by molar-refractivity contribution is -0.104. The van der Waals surface area contributed by atoms with Crippen molar-refractivity contribution in [2.45, 2.75) is 39.7 Å². The molecule has 0 saturated carbocycles. The maximum Gasteiger partial charge on any atom is 0.145 e. The van der Waals surface area contributed by atoms with Crippen LogP contribution in [0.15, 0.2) is 11.6 Å². The second kappa shape index (κ2) is 5.95. The number of rotatable bonds is 5. The number of aliphatic hydroxyl groups is 1. The largest absolute Gasteiger partial charge is 0.393 e. The van der Waals surface area contributed by atoms with Crippen LogP contribution < -0.4 is 0 Å². The molecule has 0 heterocycles. The van der Waals surface area contributed by atoms with E-state index >= 15 is 0 Å². The minimum atomic E-state index is -0.315. The highest BCUT2D eigenvalue weighted by Crippen LogP contribution is 2.11. The minimum Gasteiger partial charge on any atom is -0.393 e. The fourth-order valence-corrected chi connectivity index (χ4v) is 1.12. The van der Waals surface area contributed by atoms with Gasteiger partial charge < -0.3 is 5.11 Å². The Hall–Kier alpha value is -0.630. The quantitative estimate of drug-likeness (QED) is 0.505. The second-order valence-corrected chi connectivity index (χ2v) is 3.24. The molecule has 2 heteroatoms. The standard InChI is InChI=1S/C10H18O2/c1-4-5-10(12)9(3)6-8(2)7-11/h6-7,9-10,12H,4-5H2,1-3H3. The first-order valence-corrected chi connectivity index (χ1v) is 4.43. The summed E-state index contributed by atoms with van der Waals surface area (Å²) in [5.74, 6) is 0.0788. The summed E-state index contributed by atoms with van der Waals surface area (Å²) in [5.41, 5.74) is 0.692. The van der Waals surface area contributed by atoms with E-state index in [2.05, 4.69) is 0 Å². The summed E-state index contributed by atoms with van der Waals surface area (Å²) in [6, 6.07) is 0. The van der Waals surface area contributed by atoms with E-state index < -0.39 is 0 Å². The van der Waals surface area contributed by atoms with Gasteiger partial charge in [-0.3, -0.25) is 4.79 Å². The van der Waals surface area contributed by atoms with Crippen molar-refractivity contribution < 1.29 is 9.90 Å². The molecule has 0 amide bonds. The topological polar surface area (TPSA) is 37.3 Å². The van der Waals surface area contributed by atoms with Crippen molar-refractivity contribution in [1.29, 1.82) is 0 Å². The van der Waals surface area contributed by atoms with Gasteiger partial charge in [0.05, 0.1) is 6.10 Å².